The van der Waals surface area contributed by atoms with Crippen molar-refractivity contribution in [2.24, 2.45) is 5.92 Å². The van der Waals surface area contributed by atoms with Crippen LogP contribution in [-0.2, 0) is 19.1 Å². The third kappa shape index (κ3) is 6.02. The van der Waals surface area contributed by atoms with Gasteiger partial charge < -0.3 is 9.47 Å². The maximum Gasteiger partial charge on any atom is 0.323 e. The molecule has 0 radical (unpaired) electrons. The zero-order chi connectivity index (χ0) is 12.4. The van der Waals surface area contributed by atoms with E-state index in [-0.39, 0.29) is 19.0 Å². The average Bonchev–Trinajstić information content (AvgIpc) is 2.25. The Hall–Kier alpha value is -1.57. The van der Waals surface area contributed by atoms with Gasteiger partial charge in [0.25, 0.3) is 0 Å². The molecule has 5 heteroatoms. The summed E-state index contributed by atoms with van der Waals surface area (Å²) in [5, 5.41) is 8.72. The zero-order valence-corrected chi connectivity index (χ0v) is 9.69. The monoisotopic (exact) mass is 227 g/mol. The van der Waals surface area contributed by atoms with Crippen molar-refractivity contribution in [3.8, 4) is 6.07 Å². The van der Waals surface area contributed by atoms with Crippen LogP contribution in [0.2, 0.25) is 0 Å². The van der Waals surface area contributed by atoms with Crippen LogP contribution in [0.5, 0.6) is 0 Å². The SMILES string of the molecule is CCOC(=O)CCCC(C#N)C(=O)OCC. The molecule has 1 unspecified atom stereocenters. The number of hydrogen-bond acceptors (Lipinski definition) is 5. The molecule has 1 atom stereocenters. The Morgan fingerprint density at radius 2 is 1.88 bits per heavy atom. The molecule has 0 bridgehead atoms. The average molecular weight is 227 g/mol. The molecule has 0 N–H and O–H groups in total. The number of rotatable bonds is 7. The largest absolute Gasteiger partial charge is 0.466 e. The van der Waals surface area contributed by atoms with Gasteiger partial charge in [-0.15, -0.1) is 0 Å². The fourth-order valence-corrected chi connectivity index (χ4v) is 1.16. The predicted octanol–water partition coefficient (Wildman–Crippen LogP) is 1.42. The summed E-state index contributed by atoms with van der Waals surface area (Å²) in [4.78, 5) is 22.2. The van der Waals surface area contributed by atoms with E-state index in [1.54, 1.807) is 13.8 Å². The molecule has 0 aliphatic carbocycles. The number of hydrogen-bond donors (Lipinski definition) is 0. The first-order valence-corrected chi connectivity index (χ1v) is 5.37. The topological polar surface area (TPSA) is 76.4 Å². The van der Waals surface area contributed by atoms with Crippen LogP contribution < -0.4 is 0 Å². The van der Waals surface area contributed by atoms with Gasteiger partial charge in [-0.3, -0.25) is 9.59 Å². The van der Waals surface area contributed by atoms with E-state index in [2.05, 4.69) is 0 Å². The summed E-state index contributed by atoms with van der Waals surface area (Å²) in [7, 11) is 0. The second kappa shape index (κ2) is 8.72. The summed E-state index contributed by atoms with van der Waals surface area (Å²) in [6.45, 7) is 4.02. The van der Waals surface area contributed by atoms with E-state index in [9.17, 15) is 9.59 Å². The Kier molecular flexibility index (Phi) is 7.86. The van der Waals surface area contributed by atoms with Crippen molar-refractivity contribution < 1.29 is 19.1 Å². The van der Waals surface area contributed by atoms with E-state index in [0.29, 0.717) is 19.4 Å². The van der Waals surface area contributed by atoms with Gasteiger partial charge in [-0.25, -0.2) is 0 Å². The summed E-state index contributed by atoms with van der Waals surface area (Å²) in [6.07, 6.45) is 1.01. The van der Waals surface area contributed by atoms with Gasteiger partial charge in [-0.1, -0.05) is 0 Å². The number of esters is 2. The number of ether oxygens (including phenoxy) is 2. The highest BCUT2D eigenvalue weighted by Crippen LogP contribution is 2.10. The molecule has 5 nitrogen and oxygen atoms in total. The van der Waals surface area contributed by atoms with Crippen LogP contribution >= 0.6 is 0 Å². The molecule has 16 heavy (non-hydrogen) atoms. The molecule has 0 fully saturated rings. The molecule has 0 aliphatic rings. The van der Waals surface area contributed by atoms with Crippen molar-refractivity contribution in [1.29, 1.82) is 5.26 Å². The Morgan fingerprint density at radius 1 is 1.25 bits per heavy atom. The van der Waals surface area contributed by atoms with Crippen LogP contribution in [0.25, 0.3) is 0 Å². The third-order valence-corrected chi connectivity index (χ3v) is 1.91. The number of nitriles is 1. The number of carbonyl (C=O) groups excluding carboxylic acids is 2. The Morgan fingerprint density at radius 3 is 2.38 bits per heavy atom. The molecule has 0 rings (SSSR count). The van der Waals surface area contributed by atoms with Gasteiger partial charge in [-0.05, 0) is 26.7 Å². The van der Waals surface area contributed by atoms with E-state index in [4.69, 9.17) is 14.7 Å². The fourth-order valence-electron chi connectivity index (χ4n) is 1.16. The van der Waals surface area contributed by atoms with Gasteiger partial charge in [0.1, 0.15) is 5.92 Å². The van der Waals surface area contributed by atoms with E-state index < -0.39 is 11.9 Å². The van der Waals surface area contributed by atoms with Crippen molar-refractivity contribution >= 4 is 11.9 Å². The molecule has 0 saturated heterocycles. The summed E-state index contributed by atoms with van der Waals surface area (Å²) in [6, 6.07) is 1.87. The van der Waals surface area contributed by atoms with Gasteiger partial charge in [-0.2, -0.15) is 5.26 Å². The third-order valence-electron chi connectivity index (χ3n) is 1.91. The highest BCUT2D eigenvalue weighted by atomic mass is 16.5. The minimum atomic E-state index is -0.783. The van der Waals surface area contributed by atoms with Crippen molar-refractivity contribution in [3.05, 3.63) is 0 Å². The lowest BCUT2D eigenvalue weighted by atomic mass is 10.0. The van der Waals surface area contributed by atoms with Crippen LogP contribution in [0.3, 0.4) is 0 Å². The standard InChI is InChI=1S/C11H17NO4/c1-3-15-10(13)7-5-6-9(8-12)11(14)16-4-2/h9H,3-7H2,1-2H3. The van der Waals surface area contributed by atoms with Crippen molar-refractivity contribution in [3.63, 3.8) is 0 Å². The molecule has 0 saturated carbocycles. The second-order valence-electron chi connectivity index (χ2n) is 3.13. The maximum absolute atomic E-state index is 11.2. The van der Waals surface area contributed by atoms with Crippen LogP contribution in [0, 0.1) is 17.2 Å². The Labute approximate surface area is 95.3 Å². The summed E-state index contributed by atoms with van der Waals surface area (Å²) in [5.41, 5.74) is 0. The lowest BCUT2D eigenvalue weighted by Crippen LogP contribution is -2.16. The number of carbonyl (C=O) groups is 2. The zero-order valence-electron chi connectivity index (χ0n) is 9.69. The van der Waals surface area contributed by atoms with Crippen LogP contribution in [0.15, 0.2) is 0 Å². The fraction of sp³-hybridized carbons (Fsp3) is 0.727. The minimum Gasteiger partial charge on any atom is -0.466 e. The first-order chi connectivity index (χ1) is 7.65. The minimum absolute atomic E-state index is 0.228. The molecule has 0 aromatic rings. The molecule has 0 aliphatic heterocycles. The maximum atomic E-state index is 11.2. The van der Waals surface area contributed by atoms with Crippen LogP contribution in [0.4, 0.5) is 0 Å². The highest BCUT2D eigenvalue weighted by Gasteiger charge is 2.19. The highest BCUT2D eigenvalue weighted by molar-refractivity contribution is 5.75. The van der Waals surface area contributed by atoms with Crippen LogP contribution in [0.1, 0.15) is 33.1 Å². The van der Waals surface area contributed by atoms with Gasteiger partial charge >= 0.3 is 11.9 Å². The molecule has 0 spiro atoms. The first kappa shape index (κ1) is 14.4. The molecule has 0 aromatic carbocycles. The smallest absolute Gasteiger partial charge is 0.323 e. The predicted molar refractivity (Wildman–Crippen MR) is 56.2 cm³/mol. The Bertz CT molecular complexity index is 270. The molecule has 0 amide bonds. The number of nitrogens with zero attached hydrogens (tertiary/aromatic N) is 1. The van der Waals surface area contributed by atoms with Crippen molar-refractivity contribution in [2.75, 3.05) is 13.2 Å². The molecule has 0 aromatic heterocycles. The second-order valence-corrected chi connectivity index (χ2v) is 3.13. The lowest BCUT2D eigenvalue weighted by molar-refractivity contribution is -0.147. The van der Waals surface area contributed by atoms with Gasteiger partial charge in [0.15, 0.2) is 0 Å². The Balaban J connectivity index is 3.84. The summed E-state index contributed by atoms with van der Waals surface area (Å²) >= 11 is 0. The normalized spacial score (nSPS) is 11.3. The molecule has 0 heterocycles. The van der Waals surface area contributed by atoms with E-state index in [1.807, 2.05) is 6.07 Å². The van der Waals surface area contributed by atoms with Crippen molar-refractivity contribution in [2.45, 2.75) is 33.1 Å². The van der Waals surface area contributed by atoms with Crippen LogP contribution in [-0.4, -0.2) is 25.2 Å². The van der Waals surface area contributed by atoms with E-state index >= 15 is 0 Å². The summed E-state index contributed by atoms with van der Waals surface area (Å²) < 4.78 is 9.45. The lowest BCUT2D eigenvalue weighted by Gasteiger charge is -2.07. The first-order valence-electron chi connectivity index (χ1n) is 5.37. The summed E-state index contributed by atoms with van der Waals surface area (Å²) in [5.74, 6) is -1.61. The molecular formula is C11H17NO4. The van der Waals surface area contributed by atoms with E-state index in [0.717, 1.165) is 0 Å². The van der Waals surface area contributed by atoms with Gasteiger partial charge in [0.2, 0.25) is 0 Å². The van der Waals surface area contributed by atoms with Gasteiger partial charge in [0, 0.05) is 6.42 Å². The van der Waals surface area contributed by atoms with Crippen molar-refractivity contribution in [1.82, 2.24) is 0 Å². The van der Waals surface area contributed by atoms with E-state index in [1.165, 1.54) is 0 Å². The van der Waals surface area contributed by atoms with Gasteiger partial charge in [0.05, 0.1) is 19.3 Å². The molecule has 90 valence electrons. The molecular weight excluding hydrogens is 210 g/mol. The quantitative estimate of drug-likeness (QED) is 0.615.